The van der Waals surface area contributed by atoms with E-state index in [0.29, 0.717) is 24.2 Å². The summed E-state index contributed by atoms with van der Waals surface area (Å²) in [6, 6.07) is 6.41. The van der Waals surface area contributed by atoms with Gasteiger partial charge in [-0.05, 0) is 37.6 Å². The monoisotopic (exact) mass is 292 g/mol. The summed E-state index contributed by atoms with van der Waals surface area (Å²) in [6.07, 6.45) is 0.821. The molecular formula is C15H20N2O4. The molecule has 0 heterocycles. The zero-order valence-corrected chi connectivity index (χ0v) is 12.5. The molecule has 1 rings (SSSR count). The van der Waals surface area contributed by atoms with Gasteiger partial charge in [0.1, 0.15) is 0 Å². The van der Waals surface area contributed by atoms with Gasteiger partial charge >= 0.3 is 12.0 Å². The lowest BCUT2D eigenvalue weighted by molar-refractivity contribution is -0.140. The number of urea groups is 1. The average Bonchev–Trinajstić information content (AvgIpc) is 2.47. The fourth-order valence-electron chi connectivity index (χ4n) is 1.67. The molecule has 2 amide bonds. The minimum Gasteiger partial charge on any atom is -0.469 e. The number of anilines is 1. The first-order valence-electron chi connectivity index (χ1n) is 6.64. The van der Waals surface area contributed by atoms with Crippen LogP contribution in [0.4, 0.5) is 10.5 Å². The van der Waals surface area contributed by atoms with Crippen molar-refractivity contribution in [3.05, 3.63) is 29.8 Å². The van der Waals surface area contributed by atoms with Crippen LogP contribution >= 0.6 is 0 Å². The van der Waals surface area contributed by atoms with Gasteiger partial charge < -0.3 is 15.0 Å². The van der Waals surface area contributed by atoms with E-state index < -0.39 is 0 Å². The lowest BCUT2D eigenvalue weighted by Gasteiger charge is -2.17. The first kappa shape index (κ1) is 16.7. The summed E-state index contributed by atoms with van der Waals surface area (Å²) < 4.78 is 4.53. The third-order valence-corrected chi connectivity index (χ3v) is 2.99. The van der Waals surface area contributed by atoms with Crippen LogP contribution in [0.1, 0.15) is 30.1 Å². The van der Waals surface area contributed by atoms with E-state index in [-0.39, 0.29) is 24.2 Å². The molecule has 0 aliphatic rings. The van der Waals surface area contributed by atoms with Crippen LogP contribution in [0, 0.1) is 0 Å². The number of nitrogens with zero attached hydrogens (tertiary/aromatic N) is 1. The van der Waals surface area contributed by atoms with Crippen molar-refractivity contribution in [1.29, 1.82) is 0 Å². The molecule has 0 aliphatic heterocycles. The summed E-state index contributed by atoms with van der Waals surface area (Å²) in [5, 5.41) is 2.72. The zero-order valence-electron chi connectivity index (χ0n) is 12.5. The Labute approximate surface area is 124 Å². The molecule has 0 saturated carbocycles. The summed E-state index contributed by atoms with van der Waals surface area (Å²) in [5.41, 5.74) is 1.21. The third-order valence-electron chi connectivity index (χ3n) is 2.99. The number of ether oxygens (including phenoxy) is 1. The smallest absolute Gasteiger partial charge is 0.321 e. The summed E-state index contributed by atoms with van der Waals surface area (Å²) in [7, 11) is 2.99. The second-order valence-corrected chi connectivity index (χ2v) is 4.66. The molecule has 0 spiro atoms. The van der Waals surface area contributed by atoms with Crippen molar-refractivity contribution >= 4 is 23.5 Å². The van der Waals surface area contributed by atoms with Crippen LogP contribution in [-0.4, -0.2) is 43.4 Å². The first-order valence-corrected chi connectivity index (χ1v) is 6.64. The summed E-state index contributed by atoms with van der Waals surface area (Å²) in [4.78, 5) is 35.5. The van der Waals surface area contributed by atoms with Gasteiger partial charge in [0.15, 0.2) is 5.78 Å². The maximum absolute atomic E-state index is 11.9. The number of carbonyl (C=O) groups excluding carboxylic acids is 3. The van der Waals surface area contributed by atoms with Gasteiger partial charge in [0.2, 0.25) is 0 Å². The highest BCUT2D eigenvalue weighted by Crippen LogP contribution is 2.10. The van der Waals surface area contributed by atoms with E-state index >= 15 is 0 Å². The fourth-order valence-corrected chi connectivity index (χ4v) is 1.67. The highest BCUT2D eigenvalue weighted by atomic mass is 16.5. The molecule has 0 radical (unpaired) electrons. The molecule has 114 valence electrons. The van der Waals surface area contributed by atoms with Crippen LogP contribution in [-0.2, 0) is 9.53 Å². The maximum atomic E-state index is 11.9. The fraction of sp³-hybridized carbons (Fsp3) is 0.400. The molecule has 0 atom stereocenters. The van der Waals surface area contributed by atoms with Crippen LogP contribution in [0.2, 0.25) is 0 Å². The van der Waals surface area contributed by atoms with Gasteiger partial charge in [-0.3, -0.25) is 9.59 Å². The van der Waals surface area contributed by atoms with Gasteiger partial charge in [-0.15, -0.1) is 0 Å². The molecule has 0 aliphatic carbocycles. The number of rotatable bonds is 6. The second-order valence-electron chi connectivity index (χ2n) is 4.66. The number of esters is 1. The molecule has 1 aromatic carbocycles. The van der Waals surface area contributed by atoms with E-state index in [2.05, 4.69) is 10.1 Å². The molecule has 6 heteroatoms. The van der Waals surface area contributed by atoms with Crippen LogP contribution in [0.15, 0.2) is 24.3 Å². The van der Waals surface area contributed by atoms with Crippen molar-refractivity contribution in [2.75, 3.05) is 26.0 Å². The van der Waals surface area contributed by atoms with Crippen molar-refractivity contribution in [3.8, 4) is 0 Å². The Morgan fingerprint density at radius 3 is 2.33 bits per heavy atom. The highest BCUT2D eigenvalue weighted by molar-refractivity contribution is 5.95. The summed E-state index contributed by atoms with van der Waals surface area (Å²) in [6.45, 7) is 1.94. The Bertz CT molecular complexity index is 511. The molecule has 21 heavy (non-hydrogen) atoms. The van der Waals surface area contributed by atoms with Crippen molar-refractivity contribution in [2.24, 2.45) is 0 Å². The molecular weight excluding hydrogens is 272 g/mol. The molecule has 0 bridgehead atoms. The lowest BCUT2D eigenvalue weighted by atomic mass is 10.1. The van der Waals surface area contributed by atoms with Gasteiger partial charge in [0, 0.05) is 31.3 Å². The Kier molecular flexibility index (Phi) is 6.39. The second kappa shape index (κ2) is 8.04. The SMILES string of the molecule is COC(=O)CCCN(C)C(=O)Nc1ccc(C(C)=O)cc1. The average molecular weight is 292 g/mol. The molecule has 1 aromatic rings. The lowest BCUT2D eigenvalue weighted by Crippen LogP contribution is -2.32. The molecule has 0 fully saturated rings. The number of benzene rings is 1. The van der Waals surface area contributed by atoms with Crippen molar-refractivity contribution in [3.63, 3.8) is 0 Å². The van der Waals surface area contributed by atoms with Gasteiger partial charge in [0.05, 0.1) is 7.11 Å². The first-order chi connectivity index (χ1) is 9.93. The maximum Gasteiger partial charge on any atom is 0.321 e. The van der Waals surface area contributed by atoms with E-state index in [0.717, 1.165) is 0 Å². The topological polar surface area (TPSA) is 75.7 Å². The van der Waals surface area contributed by atoms with Gasteiger partial charge in [0.25, 0.3) is 0 Å². The van der Waals surface area contributed by atoms with E-state index in [1.807, 2.05) is 0 Å². The zero-order chi connectivity index (χ0) is 15.8. The molecule has 1 N–H and O–H groups in total. The number of nitrogens with one attached hydrogen (secondary N) is 1. The van der Waals surface area contributed by atoms with E-state index in [1.54, 1.807) is 31.3 Å². The number of carbonyl (C=O) groups is 3. The van der Waals surface area contributed by atoms with Crippen LogP contribution in [0.5, 0.6) is 0 Å². The summed E-state index contributed by atoms with van der Waals surface area (Å²) in [5.74, 6) is -0.309. The van der Waals surface area contributed by atoms with E-state index in [1.165, 1.54) is 18.9 Å². The third kappa shape index (κ3) is 5.64. The van der Waals surface area contributed by atoms with Gasteiger partial charge in [-0.1, -0.05) is 0 Å². The Morgan fingerprint density at radius 1 is 1.19 bits per heavy atom. The van der Waals surface area contributed by atoms with Gasteiger partial charge in [-0.2, -0.15) is 0 Å². The van der Waals surface area contributed by atoms with Crippen LogP contribution in [0.3, 0.4) is 0 Å². The van der Waals surface area contributed by atoms with E-state index in [9.17, 15) is 14.4 Å². The number of ketones is 1. The molecule has 6 nitrogen and oxygen atoms in total. The Balaban J connectivity index is 2.44. The highest BCUT2D eigenvalue weighted by Gasteiger charge is 2.10. The standard InChI is InChI=1S/C15H20N2O4/c1-11(18)12-6-8-13(9-7-12)16-15(20)17(2)10-4-5-14(19)21-3/h6-9H,4-5,10H2,1-3H3,(H,16,20). The number of hydrogen-bond donors (Lipinski definition) is 1. The minimum atomic E-state index is -0.288. The molecule has 0 unspecified atom stereocenters. The predicted octanol–water partition coefficient (Wildman–Crippen LogP) is 2.31. The Hall–Kier alpha value is -2.37. The quantitative estimate of drug-likeness (QED) is 0.645. The predicted molar refractivity (Wildman–Crippen MR) is 79.3 cm³/mol. The number of methoxy groups -OCH3 is 1. The van der Waals surface area contributed by atoms with Crippen LogP contribution in [0.25, 0.3) is 0 Å². The molecule has 0 saturated heterocycles. The van der Waals surface area contributed by atoms with E-state index in [4.69, 9.17) is 0 Å². The number of hydrogen-bond acceptors (Lipinski definition) is 4. The van der Waals surface area contributed by atoms with Crippen LogP contribution < -0.4 is 5.32 Å². The normalized spacial score (nSPS) is 9.86. The minimum absolute atomic E-state index is 0.0206. The molecule has 0 aromatic heterocycles. The number of amides is 2. The van der Waals surface area contributed by atoms with Crippen molar-refractivity contribution in [1.82, 2.24) is 4.90 Å². The van der Waals surface area contributed by atoms with Crippen molar-refractivity contribution in [2.45, 2.75) is 19.8 Å². The summed E-state index contributed by atoms with van der Waals surface area (Å²) >= 11 is 0. The largest absolute Gasteiger partial charge is 0.469 e. The van der Waals surface area contributed by atoms with Crippen molar-refractivity contribution < 1.29 is 19.1 Å². The Morgan fingerprint density at radius 2 is 1.81 bits per heavy atom. The number of Topliss-reactive ketones (excluding diaryl/α,β-unsaturated/α-hetero) is 1. The van der Waals surface area contributed by atoms with Gasteiger partial charge in [-0.25, -0.2) is 4.79 Å².